The third-order valence-corrected chi connectivity index (χ3v) is 3.91. The van der Waals surface area contributed by atoms with E-state index in [0.717, 1.165) is 18.8 Å². The van der Waals surface area contributed by atoms with E-state index >= 15 is 0 Å². The number of carbonyl (C=O) groups excluding carboxylic acids is 2. The lowest BCUT2D eigenvalue weighted by molar-refractivity contribution is -0.146. The van der Waals surface area contributed by atoms with Crippen molar-refractivity contribution in [3.8, 4) is 0 Å². The van der Waals surface area contributed by atoms with Crippen molar-refractivity contribution < 1.29 is 18.7 Å². The lowest BCUT2D eigenvalue weighted by Gasteiger charge is -2.21. The predicted molar refractivity (Wildman–Crippen MR) is 99.7 cm³/mol. The van der Waals surface area contributed by atoms with Crippen molar-refractivity contribution >= 4 is 23.3 Å². The fourth-order valence-electron chi connectivity index (χ4n) is 2.51. The largest absolute Gasteiger partial charge is 0.455 e. The molecule has 0 bridgehead atoms. The van der Waals surface area contributed by atoms with Crippen LogP contribution in [-0.2, 0) is 20.7 Å². The second-order valence-electron chi connectivity index (χ2n) is 5.73. The lowest BCUT2D eigenvalue weighted by atomic mass is 10.1. The molecule has 0 saturated carbocycles. The molecule has 26 heavy (non-hydrogen) atoms. The zero-order valence-electron chi connectivity index (χ0n) is 15.0. The van der Waals surface area contributed by atoms with Crippen molar-refractivity contribution in [2.24, 2.45) is 0 Å². The minimum atomic E-state index is -0.538. The van der Waals surface area contributed by atoms with Crippen LogP contribution in [-0.4, -0.2) is 31.6 Å². The first-order chi connectivity index (χ1) is 12.5. The van der Waals surface area contributed by atoms with E-state index in [2.05, 4.69) is 24.1 Å². The molecule has 0 aliphatic carbocycles. The van der Waals surface area contributed by atoms with Crippen molar-refractivity contribution in [1.29, 1.82) is 0 Å². The predicted octanol–water partition coefficient (Wildman–Crippen LogP) is 3.40. The second-order valence-corrected chi connectivity index (χ2v) is 5.73. The first-order valence-electron chi connectivity index (χ1n) is 8.56. The van der Waals surface area contributed by atoms with Gasteiger partial charge in [-0.3, -0.25) is 9.59 Å². The molecule has 2 rings (SSSR count). The number of ether oxygens (including phenoxy) is 1. The zero-order valence-corrected chi connectivity index (χ0v) is 15.0. The van der Waals surface area contributed by atoms with Crippen molar-refractivity contribution in [1.82, 2.24) is 0 Å². The van der Waals surface area contributed by atoms with Gasteiger partial charge in [-0.15, -0.1) is 0 Å². The molecule has 138 valence electrons. The monoisotopic (exact) mass is 358 g/mol. The van der Waals surface area contributed by atoms with E-state index in [9.17, 15) is 14.0 Å². The molecular weight excluding hydrogens is 335 g/mol. The summed E-state index contributed by atoms with van der Waals surface area (Å²) in [5, 5.41) is 2.69. The Morgan fingerprint density at radius 2 is 1.62 bits per heavy atom. The number of nitrogens with one attached hydrogen (secondary N) is 1. The van der Waals surface area contributed by atoms with Crippen LogP contribution in [0.15, 0.2) is 48.5 Å². The number of carbonyl (C=O) groups is 2. The number of nitrogens with zero attached hydrogens (tertiary/aromatic N) is 1. The highest BCUT2D eigenvalue weighted by Crippen LogP contribution is 2.17. The standard InChI is InChI=1S/C20H23FN2O3/c1-3-23(4-2)18-11-9-17(10-12-18)22-19(24)14-26-20(25)13-15-5-7-16(21)8-6-15/h5-12H,3-4,13-14H2,1-2H3,(H,22,24). The molecule has 0 unspecified atom stereocenters. The molecule has 0 radical (unpaired) electrons. The van der Waals surface area contributed by atoms with Crippen molar-refractivity contribution in [2.75, 3.05) is 29.9 Å². The molecular formula is C20H23FN2O3. The highest BCUT2D eigenvalue weighted by molar-refractivity contribution is 5.93. The Morgan fingerprint density at radius 3 is 2.19 bits per heavy atom. The van der Waals surface area contributed by atoms with Crippen LogP contribution in [0.25, 0.3) is 0 Å². The molecule has 0 heterocycles. The minimum Gasteiger partial charge on any atom is -0.455 e. The maximum atomic E-state index is 12.8. The number of halogens is 1. The first-order valence-corrected chi connectivity index (χ1v) is 8.56. The molecule has 1 N–H and O–H groups in total. The van der Waals surface area contributed by atoms with Crippen LogP contribution in [0, 0.1) is 5.82 Å². The highest BCUT2D eigenvalue weighted by Gasteiger charge is 2.09. The molecule has 2 aromatic rings. The Kier molecular flexibility index (Phi) is 7.14. The van der Waals surface area contributed by atoms with Crippen LogP contribution in [0.1, 0.15) is 19.4 Å². The number of hydrogen-bond donors (Lipinski definition) is 1. The van der Waals surface area contributed by atoms with Crippen LogP contribution in [0.4, 0.5) is 15.8 Å². The van der Waals surface area contributed by atoms with E-state index < -0.39 is 11.9 Å². The fraction of sp³-hybridized carbons (Fsp3) is 0.300. The average molecular weight is 358 g/mol. The molecule has 0 spiro atoms. The second kappa shape index (κ2) is 9.56. The summed E-state index contributed by atoms with van der Waals surface area (Å²) < 4.78 is 17.8. The van der Waals surface area contributed by atoms with Crippen LogP contribution in [0.3, 0.4) is 0 Å². The zero-order chi connectivity index (χ0) is 18.9. The summed E-state index contributed by atoms with van der Waals surface area (Å²) in [4.78, 5) is 25.8. The first kappa shape index (κ1) is 19.4. The SMILES string of the molecule is CCN(CC)c1ccc(NC(=O)COC(=O)Cc2ccc(F)cc2)cc1. The molecule has 0 aliphatic rings. The van der Waals surface area contributed by atoms with E-state index in [1.54, 1.807) is 0 Å². The van der Waals surface area contributed by atoms with E-state index in [4.69, 9.17) is 4.74 Å². The number of anilines is 2. The third-order valence-electron chi connectivity index (χ3n) is 3.91. The van der Waals surface area contributed by atoms with Crippen LogP contribution in [0.5, 0.6) is 0 Å². The van der Waals surface area contributed by atoms with Crippen LogP contribution >= 0.6 is 0 Å². The Labute approximate surface area is 152 Å². The van der Waals surface area contributed by atoms with Crippen molar-refractivity contribution in [3.05, 3.63) is 59.9 Å². The summed E-state index contributed by atoms with van der Waals surface area (Å²) in [6, 6.07) is 13.1. The topological polar surface area (TPSA) is 58.6 Å². The van der Waals surface area contributed by atoms with E-state index in [1.807, 2.05) is 24.3 Å². The van der Waals surface area contributed by atoms with Gasteiger partial charge >= 0.3 is 5.97 Å². The summed E-state index contributed by atoms with van der Waals surface area (Å²) in [6.07, 6.45) is -0.00781. The summed E-state index contributed by atoms with van der Waals surface area (Å²) in [6.45, 7) is 5.62. The molecule has 2 aromatic carbocycles. The molecule has 0 aliphatic heterocycles. The van der Waals surface area contributed by atoms with Gasteiger partial charge in [-0.1, -0.05) is 12.1 Å². The Bertz CT molecular complexity index is 726. The molecule has 1 amide bonds. The fourth-order valence-corrected chi connectivity index (χ4v) is 2.51. The maximum absolute atomic E-state index is 12.8. The maximum Gasteiger partial charge on any atom is 0.310 e. The van der Waals surface area contributed by atoms with Gasteiger partial charge in [0.1, 0.15) is 5.82 Å². The number of esters is 1. The summed E-state index contributed by atoms with van der Waals surface area (Å²) in [5.74, 6) is -1.31. The normalized spacial score (nSPS) is 10.3. The van der Waals surface area contributed by atoms with E-state index in [1.165, 1.54) is 24.3 Å². The molecule has 0 saturated heterocycles. The Balaban J connectivity index is 1.79. The minimum absolute atomic E-state index is 0.00781. The smallest absolute Gasteiger partial charge is 0.310 e. The molecule has 0 fully saturated rings. The lowest BCUT2D eigenvalue weighted by Crippen LogP contribution is -2.22. The number of rotatable bonds is 8. The number of benzene rings is 2. The van der Waals surface area contributed by atoms with E-state index in [-0.39, 0.29) is 18.8 Å². The van der Waals surface area contributed by atoms with Gasteiger partial charge in [-0.25, -0.2) is 4.39 Å². The highest BCUT2D eigenvalue weighted by atomic mass is 19.1. The average Bonchev–Trinajstić information content (AvgIpc) is 2.64. The van der Waals surface area contributed by atoms with Crippen molar-refractivity contribution in [2.45, 2.75) is 20.3 Å². The van der Waals surface area contributed by atoms with Gasteiger partial charge in [0.05, 0.1) is 6.42 Å². The molecule has 0 atom stereocenters. The van der Waals surface area contributed by atoms with Crippen LogP contribution < -0.4 is 10.2 Å². The van der Waals surface area contributed by atoms with Gasteiger partial charge in [0.25, 0.3) is 5.91 Å². The third kappa shape index (κ3) is 5.88. The van der Waals surface area contributed by atoms with Gasteiger partial charge in [0, 0.05) is 24.5 Å². The van der Waals surface area contributed by atoms with Crippen LogP contribution in [0.2, 0.25) is 0 Å². The number of hydrogen-bond acceptors (Lipinski definition) is 4. The van der Waals surface area contributed by atoms with Gasteiger partial charge in [-0.2, -0.15) is 0 Å². The summed E-state index contributed by atoms with van der Waals surface area (Å²) >= 11 is 0. The van der Waals surface area contributed by atoms with Gasteiger partial charge < -0.3 is 15.0 Å². The van der Waals surface area contributed by atoms with E-state index in [0.29, 0.717) is 11.3 Å². The molecule has 5 nitrogen and oxygen atoms in total. The quantitative estimate of drug-likeness (QED) is 0.735. The van der Waals surface area contributed by atoms with Crippen molar-refractivity contribution in [3.63, 3.8) is 0 Å². The molecule has 0 aromatic heterocycles. The Hall–Kier alpha value is -2.89. The number of amides is 1. The summed E-state index contributed by atoms with van der Waals surface area (Å²) in [5.41, 5.74) is 2.35. The van der Waals surface area contributed by atoms with Gasteiger partial charge in [0.15, 0.2) is 6.61 Å². The molecule has 6 heteroatoms. The van der Waals surface area contributed by atoms with Gasteiger partial charge in [-0.05, 0) is 55.8 Å². The van der Waals surface area contributed by atoms with Gasteiger partial charge in [0.2, 0.25) is 0 Å². The Morgan fingerprint density at radius 1 is 1.00 bits per heavy atom. The summed E-state index contributed by atoms with van der Waals surface area (Å²) in [7, 11) is 0.